The third kappa shape index (κ3) is 5.25. The Labute approximate surface area is 165 Å². The number of pyridine rings is 1. The number of methoxy groups -OCH3 is 1. The molecule has 150 valence electrons. The molecule has 0 amide bonds. The maximum atomic E-state index is 12.6. The van der Waals surface area contributed by atoms with Crippen molar-refractivity contribution in [2.75, 3.05) is 13.4 Å². The van der Waals surface area contributed by atoms with Crippen molar-refractivity contribution in [3.05, 3.63) is 63.6 Å². The lowest BCUT2D eigenvalue weighted by molar-refractivity contribution is 0.266. The van der Waals surface area contributed by atoms with Crippen LogP contribution in [0, 0.1) is 0 Å². The highest BCUT2D eigenvalue weighted by atomic mass is 32.2. The van der Waals surface area contributed by atoms with E-state index in [1.165, 1.54) is 12.5 Å². The van der Waals surface area contributed by atoms with E-state index in [9.17, 15) is 13.2 Å². The van der Waals surface area contributed by atoms with Crippen LogP contribution in [0.2, 0.25) is 0 Å². The first-order valence-corrected chi connectivity index (χ1v) is 11.2. The second kappa shape index (κ2) is 8.65. The van der Waals surface area contributed by atoms with Crippen LogP contribution in [-0.2, 0) is 10.1 Å². The quantitative estimate of drug-likeness (QED) is 0.738. The van der Waals surface area contributed by atoms with Crippen molar-refractivity contribution in [2.45, 2.75) is 38.0 Å². The van der Waals surface area contributed by atoms with Gasteiger partial charge < -0.3 is 4.74 Å². The first kappa shape index (κ1) is 20.2. The van der Waals surface area contributed by atoms with Crippen LogP contribution < -0.4 is 14.6 Å². The van der Waals surface area contributed by atoms with Gasteiger partial charge in [-0.1, -0.05) is 37.5 Å². The van der Waals surface area contributed by atoms with Gasteiger partial charge >= 0.3 is 10.1 Å². The molecule has 1 aliphatic carbocycles. The summed E-state index contributed by atoms with van der Waals surface area (Å²) in [6, 6.07) is 10.8. The molecule has 28 heavy (non-hydrogen) atoms. The molecule has 6 nitrogen and oxygen atoms in total. The Bertz CT molecular complexity index is 1000. The van der Waals surface area contributed by atoms with Crippen molar-refractivity contribution >= 4 is 22.3 Å². The minimum atomic E-state index is -3.84. The van der Waals surface area contributed by atoms with E-state index in [0.717, 1.165) is 53.5 Å². The fraction of sp³-hybridized carbons (Fsp3) is 0.381. The lowest BCUT2D eigenvalue weighted by atomic mass is 9.84. The third-order valence-electron chi connectivity index (χ3n) is 4.89. The molecule has 0 aliphatic heterocycles. The van der Waals surface area contributed by atoms with Gasteiger partial charge in [0.2, 0.25) is 0 Å². The summed E-state index contributed by atoms with van der Waals surface area (Å²) in [5.41, 5.74) is 1.74. The van der Waals surface area contributed by atoms with Gasteiger partial charge in [0.25, 0.3) is 5.56 Å². The Hall–Kier alpha value is -2.54. The highest BCUT2D eigenvalue weighted by molar-refractivity contribution is 7.86. The smallest absolute Gasteiger partial charge is 0.324 e. The van der Waals surface area contributed by atoms with Crippen molar-refractivity contribution in [1.82, 2.24) is 4.73 Å². The lowest BCUT2D eigenvalue weighted by Crippen LogP contribution is -2.32. The Morgan fingerprint density at radius 1 is 1.04 bits per heavy atom. The van der Waals surface area contributed by atoms with Gasteiger partial charge in [0, 0.05) is 6.07 Å². The van der Waals surface area contributed by atoms with E-state index < -0.39 is 15.7 Å². The molecule has 0 saturated heterocycles. The van der Waals surface area contributed by atoms with Crippen molar-refractivity contribution in [2.24, 2.45) is 0 Å². The zero-order valence-electron chi connectivity index (χ0n) is 16.1. The van der Waals surface area contributed by atoms with Gasteiger partial charge in [0.1, 0.15) is 5.75 Å². The van der Waals surface area contributed by atoms with E-state index in [1.807, 2.05) is 30.3 Å². The number of benzene rings is 1. The molecule has 0 spiro atoms. The number of ether oxygens (including phenoxy) is 1. The van der Waals surface area contributed by atoms with E-state index in [-0.39, 0.29) is 0 Å². The predicted molar refractivity (Wildman–Crippen MR) is 110 cm³/mol. The van der Waals surface area contributed by atoms with E-state index in [2.05, 4.69) is 0 Å². The van der Waals surface area contributed by atoms with Crippen LogP contribution in [0.1, 0.15) is 54.8 Å². The molecule has 1 aromatic carbocycles. The summed E-state index contributed by atoms with van der Waals surface area (Å²) < 4.78 is 34.2. The largest absolute Gasteiger partial charge is 0.497 e. The highest BCUT2D eigenvalue weighted by Crippen LogP contribution is 2.32. The Morgan fingerprint density at radius 2 is 1.71 bits per heavy atom. The van der Waals surface area contributed by atoms with Gasteiger partial charge in [0.15, 0.2) is 0 Å². The molecule has 3 rings (SSSR count). The summed E-state index contributed by atoms with van der Waals surface area (Å²) >= 11 is 0. The topological polar surface area (TPSA) is 74.6 Å². The number of nitrogens with zero attached hydrogens (tertiary/aromatic N) is 1. The molecule has 0 atom stereocenters. The van der Waals surface area contributed by atoms with Crippen molar-refractivity contribution in [1.29, 1.82) is 0 Å². The molecule has 0 unspecified atom stereocenters. The molecule has 0 radical (unpaired) electrons. The van der Waals surface area contributed by atoms with Crippen LogP contribution >= 0.6 is 0 Å². The molecule has 1 fully saturated rings. The normalized spacial score (nSPS) is 15.6. The minimum absolute atomic E-state index is 0.322. The van der Waals surface area contributed by atoms with E-state index in [4.69, 9.17) is 9.02 Å². The molecule has 1 aromatic heterocycles. The van der Waals surface area contributed by atoms with Crippen LogP contribution in [0.3, 0.4) is 0 Å². The van der Waals surface area contributed by atoms with Crippen LogP contribution in [0.25, 0.3) is 12.2 Å². The Balaban J connectivity index is 1.99. The molecule has 1 aliphatic rings. The summed E-state index contributed by atoms with van der Waals surface area (Å²) in [7, 11) is -2.24. The molecule has 2 aromatic rings. The molecule has 7 heteroatoms. The average molecular weight is 404 g/mol. The first-order chi connectivity index (χ1) is 13.4. The minimum Gasteiger partial charge on any atom is -0.497 e. The van der Waals surface area contributed by atoms with Crippen molar-refractivity contribution in [3.63, 3.8) is 0 Å². The summed E-state index contributed by atoms with van der Waals surface area (Å²) in [5, 5.41) is 0. The van der Waals surface area contributed by atoms with Gasteiger partial charge in [-0.05, 0) is 54.2 Å². The molecular weight excluding hydrogens is 378 g/mol. The first-order valence-electron chi connectivity index (χ1n) is 9.35. The summed E-state index contributed by atoms with van der Waals surface area (Å²) in [4.78, 5) is 12.6. The Kier molecular flexibility index (Phi) is 6.24. The standard InChI is InChI=1S/C21H25NO5S/c1-26-20-12-9-16(10-13-20)8-11-19-14-18(17-6-4-3-5-7-17)15-21(23)22(19)27-28(2,24)25/h8-15,17H,3-7H2,1-2H3/b11-8+. The monoisotopic (exact) mass is 403 g/mol. The number of hydrogen-bond donors (Lipinski definition) is 0. The van der Waals surface area contributed by atoms with Gasteiger partial charge in [-0.25, -0.2) is 0 Å². The van der Waals surface area contributed by atoms with Gasteiger partial charge in [-0.15, -0.1) is 4.73 Å². The average Bonchev–Trinajstić information content (AvgIpc) is 2.68. The predicted octanol–water partition coefficient (Wildman–Crippen LogP) is 3.46. The lowest BCUT2D eigenvalue weighted by Gasteiger charge is -2.22. The second-order valence-electron chi connectivity index (χ2n) is 7.07. The molecule has 1 heterocycles. The van der Waals surface area contributed by atoms with E-state index in [1.54, 1.807) is 19.3 Å². The fourth-order valence-electron chi connectivity index (χ4n) is 3.50. The van der Waals surface area contributed by atoms with Gasteiger partial charge in [-0.3, -0.25) is 9.08 Å². The summed E-state index contributed by atoms with van der Waals surface area (Å²) in [5.74, 6) is 1.07. The van der Waals surface area contributed by atoms with Crippen LogP contribution in [0.4, 0.5) is 0 Å². The summed E-state index contributed by atoms with van der Waals surface area (Å²) in [6.45, 7) is 0. The maximum absolute atomic E-state index is 12.6. The van der Waals surface area contributed by atoms with Crippen molar-refractivity contribution < 1.29 is 17.4 Å². The van der Waals surface area contributed by atoms with E-state index in [0.29, 0.717) is 11.6 Å². The fourth-order valence-corrected chi connectivity index (χ4v) is 3.93. The zero-order chi connectivity index (χ0) is 20.1. The molecule has 0 N–H and O–H groups in total. The van der Waals surface area contributed by atoms with Crippen LogP contribution in [-0.4, -0.2) is 26.5 Å². The molecule has 0 bridgehead atoms. The SMILES string of the molecule is COc1ccc(/C=C/c2cc(C3CCCCC3)cc(=O)n2OS(C)(=O)=O)cc1. The summed E-state index contributed by atoms with van der Waals surface area (Å²) in [6.07, 6.45) is 10.0. The maximum Gasteiger partial charge on any atom is 0.324 e. The molecular formula is C21H25NO5S. The number of rotatable bonds is 6. The van der Waals surface area contributed by atoms with Gasteiger partial charge in [0.05, 0.1) is 19.1 Å². The highest BCUT2D eigenvalue weighted by Gasteiger charge is 2.19. The van der Waals surface area contributed by atoms with Crippen LogP contribution in [0.15, 0.2) is 41.2 Å². The van der Waals surface area contributed by atoms with Crippen molar-refractivity contribution in [3.8, 4) is 5.75 Å². The number of aromatic nitrogens is 1. The zero-order valence-corrected chi connectivity index (χ0v) is 16.9. The Morgan fingerprint density at radius 3 is 2.32 bits per heavy atom. The van der Waals surface area contributed by atoms with Gasteiger partial charge in [-0.2, -0.15) is 8.42 Å². The molecule has 1 saturated carbocycles. The second-order valence-corrected chi connectivity index (χ2v) is 8.62. The third-order valence-corrected chi connectivity index (χ3v) is 5.31. The van der Waals surface area contributed by atoms with Crippen LogP contribution in [0.5, 0.6) is 5.75 Å². The van der Waals surface area contributed by atoms with E-state index >= 15 is 0 Å². The number of hydrogen-bond acceptors (Lipinski definition) is 5.